The first kappa shape index (κ1) is 32.8. The summed E-state index contributed by atoms with van der Waals surface area (Å²) in [5.41, 5.74) is 12.9. The molecule has 3 nitrogen and oxygen atoms in total. The Balaban J connectivity index is 0.895. The lowest BCUT2D eigenvalue weighted by atomic mass is 10.0. The predicted octanol–water partition coefficient (Wildman–Crippen LogP) is 15.4. The highest BCUT2D eigenvalue weighted by Gasteiger charge is 2.18. The molecule has 3 heterocycles. The first-order chi connectivity index (χ1) is 28.8. The van der Waals surface area contributed by atoms with E-state index < -0.39 is 0 Å². The van der Waals surface area contributed by atoms with Crippen molar-refractivity contribution in [3.8, 4) is 22.5 Å². The van der Waals surface area contributed by atoms with E-state index in [1.54, 1.807) is 0 Å². The number of para-hydroxylation sites is 4. The maximum absolute atomic E-state index is 2.42. The van der Waals surface area contributed by atoms with Gasteiger partial charge in [-0.3, -0.25) is 0 Å². The van der Waals surface area contributed by atoms with Crippen LogP contribution in [0.1, 0.15) is 0 Å². The van der Waals surface area contributed by atoms with Gasteiger partial charge in [0.15, 0.2) is 0 Å². The average Bonchev–Trinajstić information content (AvgIpc) is 3.95. The van der Waals surface area contributed by atoms with Crippen LogP contribution in [0, 0.1) is 0 Å². The summed E-state index contributed by atoms with van der Waals surface area (Å²) in [6.45, 7) is 0. The lowest BCUT2D eigenvalue weighted by Crippen LogP contribution is -2.10. The van der Waals surface area contributed by atoms with Gasteiger partial charge < -0.3 is 14.0 Å². The van der Waals surface area contributed by atoms with Crippen molar-refractivity contribution in [1.29, 1.82) is 0 Å². The van der Waals surface area contributed by atoms with Gasteiger partial charge in [-0.2, -0.15) is 0 Å². The first-order valence-electron chi connectivity index (χ1n) is 19.8. The molecule has 272 valence electrons. The second kappa shape index (κ2) is 13.1. The quantitative estimate of drug-likeness (QED) is 0.165. The second-order valence-corrected chi connectivity index (χ2v) is 16.0. The van der Waals surface area contributed by atoms with Crippen molar-refractivity contribution in [3.63, 3.8) is 0 Å². The maximum atomic E-state index is 2.42. The topological polar surface area (TPSA) is 13.1 Å². The standard InChI is InChI=1S/C54H35N3S/c1-2-12-38(13-3-1)55(40-30-32-42(33-31-40)56-48-18-8-4-14-43(48)44-15-5-9-19-49(44)56)39-26-22-36(23-27-39)37-24-28-41(29-25-37)57-50-20-10-6-17-47(50)53-51(57)35-34-46-45-16-7-11-21-52(45)58-54(46)53/h1-35H. The summed E-state index contributed by atoms with van der Waals surface area (Å²) in [5.74, 6) is 0. The van der Waals surface area contributed by atoms with E-state index in [-0.39, 0.29) is 0 Å². The van der Waals surface area contributed by atoms with Gasteiger partial charge >= 0.3 is 0 Å². The molecule has 0 unspecified atom stereocenters. The van der Waals surface area contributed by atoms with E-state index in [0.717, 1.165) is 28.4 Å². The van der Waals surface area contributed by atoms with Crippen LogP contribution in [0.2, 0.25) is 0 Å². The Kier molecular flexibility index (Phi) is 7.40. The lowest BCUT2D eigenvalue weighted by Gasteiger charge is -2.26. The van der Waals surface area contributed by atoms with Crippen LogP contribution in [0.15, 0.2) is 212 Å². The molecule has 12 rings (SSSR count). The van der Waals surface area contributed by atoms with E-state index in [1.165, 1.54) is 74.9 Å². The molecule has 12 aromatic rings. The highest BCUT2D eigenvalue weighted by Crippen LogP contribution is 2.44. The average molecular weight is 758 g/mol. The highest BCUT2D eigenvalue weighted by molar-refractivity contribution is 7.26. The summed E-state index contributed by atoms with van der Waals surface area (Å²) < 4.78 is 7.48. The van der Waals surface area contributed by atoms with Crippen molar-refractivity contribution in [2.45, 2.75) is 0 Å². The minimum Gasteiger partial charge on any atom is -0.311 e. The van der Waals surface area contributed by atoms with Gasteiger partial charge in [0.2, 0.25) is 0 Å². The van der Waals surface area contributed by atoms with Crippen LogP contribution in [-0.4, -0.2) is 9.13 Å². The number of fused-ring (bicyclic) bond motifs is 10. The Hall–Kier alpha value is -7.40. The first-order valence-corrected chi connectivity index (χ1v) is 20.6. The molecular weight excluding hydrogens is 723 g/mol. The van der Waals surface area contributed by atoms with Gasteiger partial charge in [-0.1, -0.05) is 121 Å². The van der Waals surface area contributed by atoms with Gasteiger partial charge in [-0.05, 0) is 102 Å². The molecule has 0 atom stereocenters. The normalized spacial score (nSPS) is 11.8. The number of thiophene rings is 1. The molecule has 4 heteroatoms. The summed E-state index contributed by atoms with van der Waals surface area (Å²) >= 11 is 1.90. The lowest BCUT2D eigenvalue weighted by molar-refractivity contribution is 1.17. The van der Waals surface area contributed by atoms with Crippen LogP contribution in [0.3, 0.4) is 0 Å². The fourth-order valence-corrected chi connectivity index (χ4v) is 10.4. The Labute approximate surface area is 339 Å². The molecule has 0 saturated carbocycles. The minimum atomic E-state index is 1.10. The summed E-state index contributed by atoms with van der Waals surface area (Å²) in [5, 5.41) is 7.82. The third-order valence-electron chi connectivity index (χ3n) is 11.7. The molecule has 0 saturated heterocycles. The maximum Gasteiger partial charge on any atom is 0.0555 e. The molecule has 0 spiro atoms. The Morgan fingerprint density at radius 1 is 0.310 bits per heavy atom. The van der Waals surface area contributed by atoms with Gasteiger partial charge in [0.1, 0.15) is 0 Å². The molecule has 0 radical (unpaired) electrons. The van der Waals surface area contributed by atoms with E-state index in [1.807, 2.05) is 11.3 Å². The summed E-state index contributed by atoms with van der Waals surface area (Å²) in [6.07, 6.45) is 0. The van der Waals surface area contributed by atoms with Crippen LogP contribution in [0.4, 0.5) is 17.1 Å². The number of aromatic nitrogens is 2. The molecule has 0 aliphatic carbocycles. The van der Waals surface area contributed by atoms with Crippen LogP contribution in [0.25, 0.3) is 86.3 Å². The number of nitrogens with zero attached hydrogens (tertiary/aromatic N) is 3. The monoisotopic (exact) mass is 757 g/mol. The number of benzene rings is 9. The molecule has 0 aliphatic rings. The van der Waals surface area contributed by atoms with E-state index in [9.17, 15) is 0 Å². The zero-order valence-corrected chi connectivity index (χ0v) is 32.3. The Morgan fingerprint density at radius 3 is 1.40 bits per heavy atom. The van der Waals surface area contributed by atoms with Crippen LogP contribution in [-0.2, 0) is 0 Å². The number of rotatable bonds is 6. The zero-order valence-electron chi connectivity index (χ0n) is 31.5. The second-order valence-electron chi connectivity index (χ2n) is 14.9. The van der Waals surface area contributed by atoms with E-state index in [2.05, 4.69) is 226 Å². The number of hydrogen-bond donors (Lipinski definition) is 0. The van der Waals surface area contributed by atoms with Crippen LogP contribution < -0.4 is 4.90 Å². The van der Waals surface area contributed by atoms with E-state index in [0.29, 0.717) is 0 Å². The zero-order chi connectivity index (χ0) is 38.2. The molecule has 0 fully saturated rings. The molecule has 0 bridgehead atoms. The van der Waals surface area contributed by atoms with Gasteiger partial charge in [0, 0.05) is 70.2 Å². The van der Waals surface area contributed by atoms with Crippen molar-refractivity contribution in [3.05, 3.63) is 212 Å². The summed E-state index contributed by atoms with van der Waals surface area (Å²) in [6, 6.07) is 77.1. The van der Waals surface area contributed by atoms with E-state index in [4.69, 9.17) is 0 Å². The van der Waals surface area contributed by atoms with Gasteiger partial charge in [0.05, 0.1) is 22.1 Å². The molecule has 3 aromatic heterocycles. The van der Waals surface area contributed by atoms with Gasteiger partial charge in [0.25, 0.3) is 0 Å². The minimum absolute atomic E-state index is 1.10. The van der Waals surface area contributed by atoms with Crippen molar-refractivity contribution >= 4 is 92.2 Å². The van der Waals surface area contributed by atoms with E-state index >= 15 is 0 Å². The van der Waals surface area contributed by atoms with Crippen molar-refractivity contribution in [2.75, 3.05) is 4.90 Å². The third-order valence-corrected chi connectivity index (χ3v) is 12.9. The summed E-state index contributed by atoms with van der Waals surface area (Å²) in [7, 11) is 0. The third kappa shape index (κ3) is 5.05. The smallest absolute Gasteiger partial charge is 0.0555 e. The predicted molar refractivity (Wildman–Crippen MR) is 248 cm³/mol. The largest absolute Gasteiger partial charge is 0.311 e. The molecule has 0 aliphatic heterocycles. The molecule has 0 amide bonds. The van der Waals surface area contributed by atoms with Gasteiger partial charge in [-0.25, -0.2) is 0 Å². The Bertz CT molecular complexity index is 3430. The molecule has 9 aromatic carbocycles. The van der Waals surface area contributed by atoms with Crippen molar-refractivity contribution in [1.82, 2.24) is 9.13 Å². The van der Waals surface area contributed by atoms with Crippen molar-refractivity contribution in [2.24, 2.45) is 0 Å². The Morgan fingerprint density at radius 2 is 0.759 bits per heavy atom. The van der Waals surface area contributed by atoms with Crippen molar-refractivity contribution < 1.29 is 0 Å². The van der Waals surface area contributed by atoms with Crippen LogP contribution in [0.5, 0.6) is 0 Å². The molecule has 58 heavy (non-hydrogen) atoms. The fourth-order valence-electron chi connectivity index (χ4n) is 9.09. The number of anilines is 3. The molecule has 0 N–H and O–H groups in total. The fraction of sp³-hybridized carbons (Fsp3) is 0. The SMILES string of the molecule is c1ccc(N(c2ccc(-c3ccc(-n4c5ccccc5c5c6sc7ccccc7c6ccc54)cc3)cc2)c2ccc(-n3c4ccccc4c4ccccc43)cc2)cc1. The highest BCUT2D eigenvalue weighted by atomic mass is 32.1. The van der Waals surface area contributed by atoms with Crippen LogP contribution >= 0.6 is 11.3 Å². The number of hydrogen-bond acceptors (Lipinski definition) is 2. The summed E-state index contributed by atoms with van der Waals surface area (Å²) in [4.78, 5) is 2.33. The van der Waals surface area contributed by atoms with Gasteiger partial charge in [-0.15, -0.1) is 11.3 Å². The molecular formula is C54H35N3S.